The van der Waals surface area contributed by atoms with Gasteiger partial charge in [-0.1, -0.05) is 6.07 Å². The van der Waals surface area contributed by atoms with Crippen molar-refractivity contribution in [3.05, 3.63) is 75.1 Å². The molecule has 12 heteroatoms. The van der Waals surface area contributed by atoms with E-state index >= 15 is 0 Å². The molecule has 0 fully saturated rings. The number of sulfonamides is 1. The number of nitrogens with one attached hydrogen (secondary N) is 2. The summed E-state index contributed by atoms with van der Waals surface area (Å²) in [6.45, 7) is 2.33. The van der Waals surface area contributed by atoms with Crippen LogP contribution in [-0.4, -0.2) is 49.8 Å². The summed E-state index contributed by atoms with van der Waals surface area (Å²) in [7, 11) is -2.61. The fourth-order valence-electron chi connectivity index (χ4n) is 4.36. The number of aromatic nitrogens is 1. The van der Waals surface area contributed by atoms with Crippen LogP contribution >= 0.6 is 23.1 Å². The molecule has 188 valence electrons. The number of rotatable bonds is 1. The minimum atomic E-state index is -4.04. The maximum atomic E-state index is 13.3. The van der Waals surface area contributed by atoms with Gasteiger partial charge in [0.25, 0.3) is 15.9 Å². The van der Waals surface area contributed by atoms with Crippen molar-refractivity contribution in [1.29, 1.82) is 0 Å². The van der Waals surface area contributed by atoms with Crippen molar-refractivity contribution in [3.8, 4) is 5.88 Å². The number of thioether (sulfide) groups is 1. The van der Waals surface area contributed by atoms with Crippen LogP contribution in [0.1, 0.15) is 31.2 Å². The van der Waals surface area contributed by atoms with Crippen molar-refractivity contribution in [2.75, 3.05) is 11.8 Å². The maximum Gasteiger partial charge on any atom is 0.262 e. The lowest BCUT2D eigenvalue weighted by Crippen LogP contribution is -2.29. The van der Waals surface area contributed by atoms with Crippen LogP contribution in [0.4, 0.5) is 5.69 Å². The molecule has 8 bridgehead atoms. The Morgan fingerprint density at radius 3 is 2.86 bits per heavy atom. The van der Waals surface area contributed by atoms with Gasteiger partial charge in [-0.05, 0) is 48.9 Å². The molecule has 3 aliphatic rings. The Morgan fingerprint density at radius 1 is 1.16 bits per heavy atom. The Kier molecular flexibility index (Phi) is 5.89. The number of thiophene rings is 1. The molecule has 0 radical (unpaired) electrons. The van der Waals surface area contributed by atoms with Crippen LogP contribution in [0.3, 0.4) is 0 Å². The van der Waals surface area contributed by atoms with Crippen LogP contribution in [0.2, 0.25) is 0 Å². The number of benzene rings is 1. The van der Waals surface area contributed by atoms with Gasteiger partial charge in [0.2, 0.25) is 5.88 Å². The summed E-state index contributed by atoms with van der Waals surface area (Å²) in [5.74, 6) is -0.227. The molecule has 2 unspecified atom stereocenters. The molecule has 0 saturated carbocycles. The van der Waals surface area contributed by atoms with Crippen LogP contribution in [-0.2, 0) is 16.6 Å². The second-order valence-corrected chi connectivity index (χ2v) is 12.7. The number of anilines is 1. The first-order chi connectivity index (χ1) is 17.8. The standard InChI is InChI=1S/C25H21N5O4S3/c1-13-6-20-22-23-17(28-12-29-22)9-19(36-23)15-8-18(25(34-2)27-10-15)30-37(32,33)16-5-3-4-14(7-16)24(31)26-11-21(13)35-20/h3-10,12,17,23,30H,11H2,1-2H3,(H,26,31). The summed E-state index contributed by atoms with van der Waals surface area (Å²) < 4.78 is 34.5. The van der Waals surface area contributed by atoms with E-state index in [1.165, 1.54) is 19.2 Å². The van der Waals surface area contributed by atoms with Gasteiger partial charge in [0, 0.05) is 27.1 Å². The summed E-state index contributed by atoms with van der Waals surface area (Å²) in [5, 5.41) is 2.89. The second kappa shape index (κ2) is 9.12. The molecule has 3 aromatic rings. The number of aliphatic imine (C=N–C) groups is 2. The Labute approximate surface area is 221 Å². The van der Waals surface area contributed by atoms with E-state index in [-0.39, 0.29) is 39.2 Å². The van der Waals surface area contributed by atoms with E-state index in [2.05, 4.69) is 37.2 Å². The van der Waals surface area contributed by atoms with Gasteiger partial charge in [-0.2, -0.15) is 0 Å². The molecule has 0 aliphatic carbocycles. The van der Waals surface area contributed by atoms with E-state index in [4.69, 9.17) is 4.74 Å². The zero-order chi connectivity index (χ0) is 25.7. The summed E-state index contributed by atoms with van der Waals surface area (Å²) >= 11 is 3.21. The number of pyridine rings is 1. The number of aryl methyl sites for hydroxylation is 1. The minimum Gasteiger partial charge on any atom is -0.480 e. The van der Waals surface area contributed by atoms with Gasteiger partial charge in [-0.15, -0.1) is 23.1 Å². The van der Waals surface area contributed by atoms with Gasteiger partial charge >= 0.3 is 0 Å². The maximum absolute atomic E-state index is 13.3. The van der Waals surface area contributed by atoms with Crippen molar-refractivity contribution in [2.45, 2.75) is 29.7 Å². The molecule has 9 nitrogen and oxygen atoms in total. The summed E-state index contributed by atoms with van der Waals surface area (Å²) in [5.41, 5.74) is 3.17. The average molecular weight is 552 g/mol. The molecule has 2 N–H and O–H groups in total. The zero-order valence-electron chi connectivity index (χ0n) is 19.8. The summed E-state index contributed by atoms with van der Waals surface area (Å²) in [6, 6.07) is 9.61. The van der Waals surface area contributed by atoms with Crippen LogP contribution < -0.4 is 14.8 Å². The zero-order valence-corrected chi connectivity index (χ0v) is 22.2. The minimum absolute atomic E-state index is 0.0265. The van der Waals surface area contributed by atoms with Gasteiger partial charge in [0.1, 0.15) is 12.0 Å². The van der Waals surface area contributed by atoms with Crippen molar-refractivity contribution in [3.63, 3.8) is 0 Å². The number of carbonyl (C=O) groups excluding carboxylic acids is 1. The summed E-state index contributed by atoms with van der Waals surface area (Å²) in [4.78, 5) is 29.4. The second-order valence-electron chi connectivity index (χ2n) is 8.65. The van der Waals surface area contributed by atoms with Crippen LogP contribution in [0.25, 0.3) is 4.91 Å². The highest BCUT2D eigenvalue weighted by Gasteiger charge is 2.36. The van der Waals surface area contributed by atoms with Crippen LogP contribution in [0.5, 0.6) is 5.88 Å². The molecule has 1 aromatic carbocycles. The first-order valence-corrected chi connectivity index (χ1v) is 14.5. The van der Waals surface area contributed by atoms with E-state index in [0.29, 0.717) is 6.54 Å². The quantitative estimate of drug-likeness (QED) is 0.474. The Hall–Kier alpha value is -3.48. The van der Waals surface area contributed by atoms with Crippen LogP contribution in [0, 0.1) is 6.92 Å². The van der Waals surface area contributed by atoms with Crippen molar-refractivity contribution < 1.29 is 17.9 Å². The highest BCUT2D eigenvalue weighted by Crippen LogP contribution is 2.45. The molecular weight excluding hydrogens is 531 g/mol. The Bertz CT molecular complexity index is 1640. The smallest absolute Gasteiger partial charge is 0.262 e. The van der Waals surface area contributed by atoms with Gasteiger partial charge in [0.15, 0.2) is 0 Å². The third kappa shape index (κ3) is 4.34. The van der Waals surface area contributed by atoms with E-state index in [1.54, 1.807) is 53.8 Å². The molecule has 0 saturated heterocycles. The molecule has 2 aromatic heterocycles. The van der Waals surface area contributed by atoms with Gasteiger partial charge in [-0.3, -0.25) is 14.5 Å². The van der Waals surface area contributed by atoms with Gasteiger partial charge in [0.05, 0.1) is 40.4 Å². The third-order valence-electron chi connectivity index (χ3n) is 6.25. The van der Waals surface area contributed by atoms with Crippen molar-refractivity contribution in [1.82, 2.24) is 10.3 Å². The number of carbonyl (C=O) groups is 1. The largest absolute Gasteiger partial charge is 0.480 e. The topological polar surface area (TPSA) is 122 Å². The average Bonchev–Trinajstić information content (AvgIpc) is 3.50. The summed E-state index contributed by atoms with van der Waals surface area (Å²) in [6.07, 6.45) is 5.31. The van der Waals surface area contributed by atoms with Crippen LogP contribution in [0.15, 0.2) is 63.6 Å². The molecular formula is C25H21N5O4S3. The molecule has 2 atom stereocenters. The van der Waals surface area contributed by atoms with E-state index in [1.807, 2.05) is 6.92 Å². The molecule has 1 amide bonds. The fraction of sp³-hybridized carbons (Fsp3) is 0.200. The molecule has 5 heterocycles. The first-order valence-electron chi connectivity index (χ1n) is 11.4. The number of amides is 1. The molecule has 3 aliphatic heterocycles. The lowest BCUT2D eigenvalue weighted by molar-refractivity contribution is 0.0951. The van der Waals surface area contributed by atoms with E-state index in [9.17, 15) is 13.2 Å². The number of fused-ring (bicyclic) bond motifs is 9. The molecule has 37 heavy (non-hydrogen) atoms. The first kappa shape index (κ1) is 23.9. The highest BCUT2D eigenvalue weighted by molar-refractivity contribution is 8.09. The van der Waals surface area contributed by atoms with Crippen molar-refractivity contribution in [2.24, 2.45) is 9.98 Å². The monoisotopic (exact) mass is 551 g/mol. The number of methoxy groups -OCH3 is 1. The Balaban J connectivity index is 1.49. The predicted octanol–water partition coefficient (Wildman–Crippen LogP) is 3.86. The fourth-order valence-corrected chi connectivity index (χ4v) is 8.00. The van der Waals surface area contributed by atoms with Crippen molar-refractivity contribution >= 4 is 61.7 Å². The van der Waals surface area contributed by atoms with E-state index in [0.717, 1.165) is 31.5 Å². The van der Waals surface area contributed by atoms with Gasteiger partial charge in [-0.25, -0.2) is 18.4 Å². The number of ether oxygens (including phenoxy) is 1. The Morgan fingerprint density at radius 2 is 2.03 bits per heavy atom. The SMILES string of the molecule is COc1ncc2cc1NS(=O)(=O)c1cccc(c1)C(=O)NCc1sc(cc1C)C1=NC=NC3C=C2SC13. The number of hydrogen-bond acceptors (Lipinski definition) is 9. The number of nitrogens with zero attached hydrogens (tertiary/aromatic N) is 3. The number of hydrogen-bond donors (Lipinski definition) is 2. The van der Waals surface area contributed by atoms with Gasteiger partial charge < -0.3 is 10.1 Å². The molecule has 6 rings (SSSR count). The normalized spacial score (nSPS) is 21.6. The molecule has 0 spiro atoms. The van der Waals surface area contributed by atoms with E-state index < -0.39 is 10.0 Å². The third-order valence-corrected chi connectivity index (χ3v) is 10.3. The predicted molar refractivity (Wildman–Crippen MR) is 146 cm³/mol. The lowest BCUT2D eigenvalue weighted by atomic mass is 10.1. The lowest BCUT2D eigenvalue weighted by Gasteiger charge is -2.19. The highest BCUT2D eigenvalue weighted by atomic mass is 32.2.